The van der Waals surface area contributed by atoms with Gasteiger partial charge in [-0.1, -0.05) is 0 Å². The monoisotopic (exact) mass is 387 g/mol. The van der Waals surface area contributed by atoms with Gasteiger partial charge >= 0.3 is 0 Å². The molecule has 138 valence electrons. The lowest BCUT2D eigenvalue weighted by molar-refractivity contribution is -0.0401. The van der Waals surface area contributed by atoms with E-state index in [1.165, 1.54) is 35.7 Å². The largest absolute Gasteiger partial charge is 0.377 e. The maximum atomic E-state index is 12.4. The molecule has 1 aliphatic heterocycles. The van der Waals surface area contributed by atoms with Gasteiger partial charge in [-0.25, -0.2) is 25.9 Å². The third-order valence-corrected chi connectivity index (χ3v) is 7.13. The molecule has 0 amide bonds. The smallest absolute Gasteiger partial charge is 0.240 e. The second-order valence-corrected chi connectivity index (χ2v) is 9.76. The number of hydrogen-bond acceptors (Lipinski definition) is 6. The Hall–Kier alpha value is -1.51. The van der Waals surface area contributed by atoms with Crippen molar-refractivity contribution in [2.45, 2.75) is 23.3 Å². The number of piperidine rings is 1. The van der Waals surface area contributed by atoms with Gasteiger partial charge in [0.25, 0.3) is 0 Å². The molecule has 0 aliphatic carbocycles. The van der Waals surface area contributed by atoms with Gasteiger partial charge in [-0.05, 0) is 37.1 Å². The lowest BCUT2D eigenvalue weighted by atomic mass is 9.92. The van der Waals surface area contributed by atoms with Crippen LogP contribution in [0, 0.1) is 11.3 Å². The van der Waals surface area contributed by atoms with Crippen LogP contribution >= 0.6 is 0 Å². The van der Waals surface area contributed by atoms with Gasteiger partial charge in [0.1, 0.15) is 0 Å². The minimum absolute atomic E-state index is 0.0451. The van der Waals surface area contributed by atoms with Gasteiger partial charge in [-0.3, -0.25) is 0 Å². The number of sulfonamides is 2. The average molecular weight is 387 g/mol. The molecule has 10 heteroatoms. The highest BCUT2D eigenvalue weighted by Gasteiger charge is 2.38. The minimum Gasteiger partial charge on any atom is -0.377 e. The lowest BCUT2D eigenvalue weighted by Gasteiger charge is -2.39. The van der Waals surface area contributed by atoms with E-state index in [-0.39, 0.29) is 24.5 Å². The quantitative estimate of drug-likeness (QED) is 0.749. The maximum absolute atomic E-state index is 12.4. The van der Waals surface area contributed by atoms with E-state index in [1.807, 2.05) is 6.07 Å². The van der Waals surface area contributed by atoms with Gasteiger partial charge in [0.2, 0.25) is 20.0 Å². The van der Waals surface area contributed by atoms with Crippen molar-refractivity contribution in [3.05, 3.63) is 29.8 Å². The summed E-state index contributed by atoms with van der Waals surface area (Å²) in [6.45, 7) is 0.611. The molecule has 25 heavy (non-hydrogen) atoms. The van der Waals surface area contributed by atoms with E-state index in [9.17, 15) is 16.8 Å². The van der Waals surface area contributed by atoms with Crippen molar-refractivity contribution >= 4 is 20.0 Å². The van der Waals surface area contributed by atoms with Gasteiger partial charge < -0.3 is 4.74 Å². The zero-order valence-electron chi connectivity index (χ0n) is 14.1. The number of rotatable bonds is 6. The highest BCUT2D eigenvalue weighted by atomic mass is 32.2. The zero-order chi connectivity index (χ0) is 18.7. The number of benzene rings is 1. The van der Waals surface area contributed by atoms with Crippen molar-refractivity contribution in [3.63, 3.8) is 0 Å². The van der Waals surface area contributed by atoms with E-state index in [1.54, 1.807) is 0 Å². The van der Waals surface area contributed by atoms with Crippen LogP contribution < -0.4 is 4.72 Å². The first-order valence-electron chi connectivity index (χ1n) is 7.62. The first-order valence-corrected chi connectivity index (χ1v) is 11.0. The predicted octanol–water partition coefficient (Wildman–Crippen LogP) is 0.277. The van der Waals surface area contributed by atoms with E-state index in [4.69, 9.17) is 10.00 Å². The van der Waals surface area contributed by atoms with Crippen molar-refractivity contribution in [1.29, 1.82) is 5.26 Å². The molecule has 0 unspecified atom stereocenters. The first-order chi connectivity index (χ1) is 11.6. The number of nitrogens with zero attached hydrogens (tertiary/aromatic N) is 2. The third kappa shape index (κ3) is 4.77. The fourth-order valence-electron chi connectivity index (χ4n) is 2.70. The molecule has 1 N–H and O–H groups in total. The Labute approximate surface area is 148 Å². The van der Waals surface area contributed by atoms with Gasteiger partial charge in [-0.2, -0.15) is 5.26 Å². The summed E-state index contributed by atoms with van der Waals surface area (Å²) >= 11 is 0. The SMILES string of the molecule is COC1(CNS(=O)(=O)c2ccc(C#N)cc2)CCN(S(C)(=O)=O)CC1. The van der Waals surface area contributed by atoms with E-state index in [2.05, 4.69) is 4.72 Å². The normalized spacial score (nSPS) is 18.6. The molecule has 0 saturated carbocycles. The van der Waals surface area contributed by atoms with E-state index < -0.39 is 25.6 Å². The summed E-state index contributed by atoms with van der Waals surface area (Å²) in [5.41, 5.74) is -0.374. The first kappa shape index (κ1) is 19.8. The van der Waals surface area contributed by atoms with Crippen LogP contribution in [-0.4, -0.2) is 59.7 Å². The topological polar surface area (TPSA) is 117 Å². The third-order valence-electron chi connectivity index (χ3n) is 4.41. The number of hydrogen-bond donors (Lipinski definition) is 1. The Kier molecular flexibility index (Phi) is 5.86. The zero-order valence-corrected chi connectivity index (χ0v) is 15.7. The van der Waals surface area contributed by atoms with Crippen molar-refractivity contribution in [1.82, 2.24) is 9.03 Å². The molecule has 0 spiro atoms. The second-order valence-electron chi connectivity index (χ2n) is 6.01. The molecular formula is C15H21N3O5S2. The summed E-state index contributed by atoms with van der Waals surface area (Å²) in [4.78, 5) is 0.0614. The molecule has 0 radical (unpaired) electrons. The fourth-order valence-corrected chi connectivity index (χ4v) is 4.66. The maximum Gasteiger partial charge on any atom is 0.240 e. The average Bonchev–Trinajstić information content (AvgIpc) is 2.59. The van der Waals surface area contributed by atoms with E-state index in [0.717, 1.165) is 6.26 Å². The van der Waals surface area contributed by atoms with Crippen LogP contribution in [0.15, 0.2) is 29.2 Å². The molecule has 1 aliphatic rings. The summed E-state index contributed by atoms with van der Waals surface area (Å²) in [7, 11) is -5.52. The Morgan fingerprint density at radius 2 is 1.76 bits per heavy atom. The summed E-state index contributed by atoms with van der Waals surface area (Å²) in [5.74, 6) is 0. The lowest BCUT2D eigenvalue weighted by Crippen LogP contribution is -2.52. The molecule has 1 aromatic carbocycles. The summed E-state index contributed by atoms with van der Waals surface area (Å²) < 4.78 is 57.4. The Balaban J connectivity index is 2.06. The van der Waals surface area contributed by atoms with Crippen LogP contribution in [0.4, 0.5) is 0 Å². The molecule has 1 saturated heterocycles. The second kappa shape index (κ2) is 7.39. The minimum atomic E-state index is -3.75. The van der Waals surface area contributed by atoms with Crippen LogP contribution in [0.3, 0.4) is 0 Å². The van der Waals surface area contributed by atoms with E-state index >= 15 is 0 Å². The summed E-state index contributed by atoms with van der Waals surface area (Å²) in [5, 5.41) is 8.77. The van der Waals surface area contributed by atoms with Gasteiger partial charge in [0, 0.05) is 26.7 Å². The standard InChI is InChI=1S/C15H21N3O5S2/c1-23-15(7-9-18(10-8-15)24(2,19)20)12-17-25(21,22)14-5-3-13(11-16)4-6-14/h3-6,17H,7-10,12H2,1-2H3. The van der Waals surface area contributed by atoms with Gasteiger partial charge in [0.15, 0.2) is 0 Å². The highest BCUT2D eigenvalue weighted by Crippen LogP contribution is 2.27. The Bertz CT molecular complexity index is 849. The van der Waals surface area contributed by atoms with Crippen LogP contribution in [0.5, 0.6) is 0 Å². The van der Waals surface area contributed by atoms with Crippen LogP contribution in [-0.2, 0) is 24.8 Å². The van der Waals surface area contributed by atoms with Crippen LogP contribution in [0.25, 0.3) is 0 Å². The van der Waals surface area contributed by atoms with Crippen molar-refractivity contribution in [2.75, 3.05) is 33.0 Å². The summed E-state index contributed by atoms with van der Waals surface area (Å²) in [6, 6.07) is 7.54. The van der Waals surface area contributed by atoms with Gasteiger partial charge in [0.05, 0.1) is 28.4 Å². The van der Waals surface area contributed by atoms with Crippen LogP contribution in [0.2, 0.25) is 0 Å². The van der Waals surface area contributed by atoms with Gasteiger partial charge in [-0.15, -0.1) is 0 Å². The molecular weight excluding hydrogens is 366 g/mol. The van der Waals surface area contributed by atoms with Crippen molar-refractivity contribution in [2.24, 2.45) is 0 Å². The Morgan fingerprint density at radius 3 is 2.20 bits per heavy atom. The number of nitrogens with one attached hydrogen (secondary N) is 1. The fraction of sp³-hybridized carbons (Fsp3) is 0.533. The number of nitriles is 1. The summed E-state index contributed by atoms with van der Waals surface area (Å²) in [6.07, 6.45) is 1.94. The number of ether oxygens (including phenoxy) is 1. The highest BCUT2D eigenvalue weighted by molar-refractivity contribution is 7.89. The number of methoxy groups -OCH3 is 1. The molecule has 1 aromatic rings. The van der Waals surface area contributed by atoms with Crippen LogP contribution in [0.1, 0.15) is 18.4 Å². The molecule has 8 nitrogen and oxygen atoms in total. The molecule has 0 bridgehead atoms. The predicted molar refractivity (Wildman–Crippen MR) is 91.7 cm³/mol. The van der Waals surface area contributed by atoms with Crippen molar-refractivity contribution < 1.29 is 21.6 Å². The van der Waals surface area contributed by atoms with Crippen molar-refractivity contribution in [3.8, 4) is 6.07 Å². The molecule has 1 fully saturated rings. The molecule has 0 aromatic heterocycles. The molecule has 2 rings (SSSR count). The molecule has 0 atom stereocenters. The molecule has 1 heterocycles. The Morgan fingerprint density at radius 1 is 1.20 bits per heavy atom. The van der Waals surface area contributed by atoms with E-state index in [0.29, 0.717) is 18.4 Å².